The van der Waals surface area contributed by atoms with Gasteiger partial charge in [0.05, 0.1) is 0 Å². The second-order valence-electron chi connectivity index (χ2n) is 4.33. The maximum Gasteiger partial charge on any atom is 0.346 e. The van der Waals surface area contributed by atoms with Crippen molar-refractivity contribution < 1.29 is 9.90 Å². The van der Waals surface area contributed by atoms with Crippen LogP contribution in [0, 0.1) is 0 Å². The van der Waals surface area contributed by atoms with Crippen LogP contribution < -0.4 is 5.32 Å². The lowest BCUT2D eigenvalue weighted by atomic mass is 10.0. The van der Waals surface area contributed by atoms with Gasteiger partial charge in [-0.25, -0.2) is 4.79 Å². The predicted octanol–water partition coefficient (Wildman–Crippen LogP) is 3.69. The summed E-state index contributed by atoms with van der Waals surface area (Å²) in [5, 5.41) is 14.3. The molecule has 1 aromatic heterocycles. The Bertz CT molecular complexity index is 536. The van der Waals surface area contributed by atoms with Gasteiger partial charge < -0.3 is 10.4 Å². The second-order valence-corrected chi connectivity index (χ2v) is 5.25. The van der Waals surface area contributed by atoms with Gasteiger partial charge in [0, 0.05) is 12.6 Å². The van der Waals surface area contributed by atoms with Gasteiger partial charge in [0.15, 0.2) is 0 Å². The molecular formula is C15H17NO2S. The van der Waals surface area contributed by atoms with E-state index in [2.05, 4.69) is 24.4 Å². The number of thiophene rings is 1. The van der Waals surface area contributed by atoms with Gasteiger partial charge >= 0.3 is 5.97 Å². The van der Waals surface area contributed by atoms with E-state index in [0.717, 1.165) is 12.0 Å². The highest BCUT2D eigenvalue weighted by Crippen LogP contribution is 2.20. The summed E-state index contributed by atoms with van der Waals surface area (Å²) in [6.07, 6.45) is 0.969. The van der Waals surface area contributed by atoms with Gasteiger partial charge in [0.1, 0.15) is 4.88 Å². The molecule has 0 aliphatic carbocycles. The van der Waals surface area contributed by atoms with Crippen molar-refractivity contribution in [1.29, 1.82) is 0 Å². The van der Waals surface area contributed by atoms with Crippen LogP contribution in [0.3, 0.4) is 0 Å². The number of nitrogens with one attached hydrogen (secondary N) is 1. The molecule has 4 heteroatoms. The van der Waals surface area contributed by atoms with Crippen molar-refractivity contribution in [1.82, 2.24) is 5.32 Å². The predicted molar refractivity (Wildman–Crippen MR) is 77.6 cm³/mol. The van der Waals surface area contributed by atoms with Crippen LogP contribution in [0.5, 0.6) is 0 Å². The molecule has 0 radical (unpaired) electrons. The van der Waals surface area contributed by atoms with Gasteiger partial charge in [-0.1, -0.05) is 37.3 Å². The minimum Gasteiger partial charge on any atom is -0.477 e. The van der Waals surface area contributed by atoms with Gasteiger partial charge in [0.25, 0.3) is 0 Å². The Morgan fingerprint density at radius 2 is 2.05 bits per heavy atom. The molecule has 2 aromatic rings. The molecule has 0 aliphatic rings. The van der Waals surface area contributed by atoms with Crippen LogP contribution in [0.2, 0.25) is 0 Å². The van der Waals surface area contributed by atoms with Crippen molar-refractivity contribution in [3.05, 3.63) is 57.8 Å². The average Bonchev–Trinajstić information content (AvgIpc) is 2.89. The lowest BCUT2D eigenvalue weighted by molar-refractivity contribution is 0.0701. The highest BCUT2D eigenvalue weighted by Gasteiger charge is 2.13. The number of carboxylic acid groups (broad SMARTS) is 1. The zero-order chi connectivity index (χ0) is 13.7. The number of rotatable bonds is 6. The maximum atomic E-state index is 11.0. The zero-order valence-electron chi connectivity index (χ0n) is 10.8. The normalized spacial score (nSPS) is 12.3. The molecule has 19 heavy (non-hydrogen) atoms. The summed E-state index contributed by atoms with van der Waals surface area (Å²) in [5.41, 5.74) is 2.09. The van der Waals surface area contributed by atoms with Crippen LogP contribution >= 0.6 is 11.3 Å². The Morgan fingerprint density at radius 1 is 1.32 bits per heavy atom. The molecule has 2 rings (SSSR count). The second kappa shape index (κ2) is 6.50. The lowest BCUT2D eigenvalue weighted by Crippen LogP contribution is -2.20. The van der Waals surface area contributed by atoms with Crippen molar-refractivity contribution in [3.63, 3.8) is 0 Å². The van der Waals surface area contributed by atoms with Crippen LogP contribution in [-0.4, -0.2) is 11.1 Å². The fourth-order valence-electron chi connectivity index (χ4n) is 2.08. The summed E-state index contributed by atoms with van der Waals surface area (Å²) in [6.45, 7) is 2.70. The zero-order valence-corrected chi connectivity index (χ0v) is 11.6. The summed E-state index contributed by atoms with van der Waals surface area (Å²) in [7, 11) is 0. The van der Waals surface area contributed by atoms with Crippen molar-refractivity contribution in [2.24, 2.45) is 0 Å². The first-order valence-corrected chi connectivity index (χ1v) is 7.18. The van der Waals surface area contributed by atoms with Crippen molar-refractivity contribution >= 4 is 17.3 Å². The van der Waals surface area contributed by atoms with Gasteiger partial charge in [-0.15, -0.1) is 11.3 Å². The van der Waals surface area contributed by atoms with Crippen LogP contribution in [0.15, 0.2) is 41.8 Å². The smallest absolute Gasteiger partial charge is 0.346 e. The van der Waals surface area contributed by atoms with Gasteiger partial charge in [-0.05, 0) is 29.0 Å². The quantitative estimate of drug-likeness (QED) is 0.845. The summed E-state index contributed by atoms with van der Waals surface area (Å²) in [4.78, 5) is 11.5. The Kier molecular flexibility index (Phi) is 4.71. The van der Waals surface area contributed by atoms with E-state index in [1.54, 1.807) is 0 Å². The molecule has 3 nitrogen and oxygen atoms in total. The number of hydrogen-bond donors (Lipinski definition) is 2. The highest BCUT2D eigenvalue weighted by molar-refractivity contribution is 7.12. The molecule has 1 aromatic carbocycles. The topological polar surface area (TPSA) is 49.3 Å². The van der Waals surface area contributed by atoms with Gasteiger partial charge in [0.2, 0.25) is 0 Å². The van der Waals surface area contributed by atoms with E-state index in [1.807, 2.05) is 29.6 Å². The van der Waals surface area contributed by atoms with Crippen LogP contribution in [0.1, 0.15) is 40.2 Å². The average molecular weight is 275 g/mol. The van der Waals surface area contributed by atoms with Crippen molar-refractivity contribution in [2.45, 2.75) is 25.9 Å². The van der Waals surface area contributed by atoms with Gasteiger partial charge in [-0.3, -0.25) is 0 Å². The number of benzene rings is 1. The standard InChI is InChI=1S/C15H17NO2S/c1-2-13(11-6-4-3-5-7-11)16-10-12-8-9-19-14(12)15(17)18/h3-9,13,16H,2,10H2,1H3,(H,17,18). The van der Waals surface area contributed by atoms with E-state index in [0.29, 0.717) is 11.4 Å². The molecular weight excluding hydrogens is 258 g/mol. The highest BCUT2D eigenvalue weighted by atomic mass is 32.1. The van der Waals surface area contributed by atoms with Crippen LogP contribution in [0.25, 0.3) is 0 Å². The fourth-order valence-corrected chi connectivity index (χ4v) is 2.84. The molecule has 1 heterocycles. The number of hydrogen-bond acceptors (Lipinski definition) is 3. The fraction of sp³-hybridized carbons (Fsp3) is 0.267. The Balaban J connectivity index is 2.04. The SMILES string of the molecule is CCC(NCc1ccsc1C(=O)O)c1ccccc1. The number of carboxylic acids is 1. The summed E-state index contributed by atoms with van der Waals surface area (Å²) >= 11 is 1.27. The molecule has 1 atom stereocenters. The molecule has 0 aliphatic heterocycles. The number of aromatic carboxylic acids is 1. The monoisotopic (exact) mass is 275 g/mol. The number of carbonyl (C=O) groups is 1. The third-order valence-corrected chi connectivity index (χ3v) is 4.03. The minimum atomic E-state index is -0.848. The van der Waals surface area contributed by atoms with E-state index in [9.17, 15) is 4.79 Å². The van der Waals surface area contributed by atoms with Crippen LogP contribution in [-0.2, 0) is 6.54 Å². The largest absolute Gasteiger partial charge is 0.477 e. The maximum absolute atomic E-state index is 11.0. The van der Waals surface area contributed by atoms with E-state index in [4.69, 9.17) is 5.11 Å². The first-order chi connectivity index (χ1) is 9.22. The summed E-state index contributed by atoms with van der Waals surface area (Å²) in [6, 6.07) is 12.3. The molecule has 0 amide bonds. The molecule has 1 unspecified atom stereocenters. The van der Waals surface area contributed by atoms with Crippen LogP contribution in [0.4, 0.5) is 0 Å². The Labute approximate surface area is 116 Å². The van der Waals surface area contributed by atoms with Crippen molar-refractivity contribution in [3.8, 4) is 0 Å². The first kappa shape index (κ1) is 13.8. The molecule has 0 spiro atoms. The van der Waals surface area contributed by atoms with E-state index in [1.165, 1.54) is 16.9 Å². The third kappa shape index (κ3) is 3.43. The molecule has 2 N–H and O–H groups in total. The molecule has 100 valence electrons. The van der Waals surface area contributed by atoms with Crippen molar-refractivity contribution in [2.75, 3.05) is 0 Å². The first-order valence-electron chi connectivity index (χ1n) is 6.30. The summed E-state index contributed by atoms with van der Waals surface area (Å²) < 4.78 is 0. The molecule has 0 saturated heterocycles. The molecule has 0 saturated carbocycles. The molecule has 0 fully saturated rings. The molecule has 0 bridgehead atoms. The van der Waals surface area contributed by atoms with E-state index >= 15 is 0 Å². The van der Waals surface area contributed by atoms with E-state index < -0.39 is 5.97 Å². The van der Waals surface area contributed by atoms with Gasteiger partial charge in [-0.2, -0.15) is 0 Å². The minimum absolute atomic E-state index is 0.253. The van der Waals surface area contributed by atoms with E-state index in [-0.39, 0.29) is 6.04 Å². The Hall–Kier alpha value is -1.65. The summed E-state index contributed by atoms with van der Waals surface area (Å²) in [5.74, 6) is -0.848. The third-order valence-electron chi connectivity index (χ3n) is 3.09. The Morgan fingerprint density at radius 3 is 2.68 bits per heavy atom. The lowest BCUT2D eigenvalue weighted by Gasteiger charge is -2.17.